The summed E-state index contributed by atoms with van der Waals surface area (Å²) in [5.41, 5.74) is 1.45. The zero-order chi connectivity index (χ0) is 42.5. The maximum Gasteiger partial charge on any atom is 0.303 e. The molecule has 0 saturated heterocycles. The lowest BCUT2D eigenvalue weighted by atomic mass is 9.76. The number of unbranched alkanes of at least 4 members (excludes halogenated alkanes) is 2. The number of carboxylic acid groups (broad SMARTS) is 1. The second-order valence-electron chi connectivity index (χ2n) is 14.2. The molecular weight excluding hydrogens is 825 g/mol. The van der Waals surface area contributed by atoms with Crippen molar-refractivity contribution in [1.82, 2.24) is 0 Å². The number of carbonyl (C=O) groups is 1. The number of hydrogen-bond acceptors (Lipinski definition) is 13. The molecule has 0 radical (unpaired) electrons. The molecule has 2 unspecified atom stereocenters. The van der Waals surface area contributed by atoms with E-state index in [4.69, 9.17) is 14.3 Å². The Balaban J connectivity index is 1.73. The van der Waals surface area contributed by atoms with Gasteiger partial charge in [-0.2, -0.15) is 33.7 Å². The molecule has 0 amide bonds. The molecule has 0 fully saturated rings. The van der Waals surface area contributed by atoms with Crippen molar-refractivity contribution < 1.29 is 61.0 Å². The molecule has 57 heavy (non-hydrogen) atoms. The zero-order valence-electron chi connectivity index (χ0n) is 32.0. The molecule has 2 atom stereocenters. The molecule has 20 heteroatoms. The van der Waals surface area contributed by atoms with Crippen molar-refractivity contribution in [3.05, 3.63) is 83.6 Å². The van der Waals surface area contributed by atoms with Crippen molar-refractivity contribution in [2.45, 2.75) is 85.8 Å². The Bertz CT molecular complexity index is 2420. The second kappa shape index (κ2) is 18.0. The highest BCUT2D eigenvalue weighted by Gasteiger charge is 2.44. The number of aliphatic carboxylic acids is 1. The summed E-state index contributed by atoms with van der Waals surface area (Å²) in [6, 6.07) is 8.56. The van der Waals surface area contributed by atoms with Crippen molar-refractivity contribution in [3.63, 3.8) is 0 Å². The normalized spacial score (nSPS) is 20.8. The van der Waals surface area contributed by atoms with E-state index in [-0.39, 0.29) is 47.6 Å². The molecule has 2 aliphatic rings. The molecule has 0 bridgehead atoms. The summed E-state index contributed by atoms with van der Waals surface area (Å²) in [6.07, 6.45) is 10.8. The third kappa shape index (κ3) is 11.3. The van der Waals surface area contributed by atoms with Gasteiger partial charge in [-0.15, -0.1) is 0 Å². The molecule has 0 spiro atoms. The summed E-state index contributed by atoms with van der Waals surface area (Å²) in [6.45, 7) is 4.04. The van der Waals surface area contributed by atoms with Crippen LogP contribution >= 0.6 is 0 Å². The third-order valence-electron chi connectivity index (χ3n) is 10.3. The van der Waals surface area contributed by atoms with Gasteiger partial charge in [0.2, 0.25) is 0 Å². The van der Waals surface area contributed by atoms with E-state index in [2.05, 4.69) is 4.18 Å². The maximum absolute atomic E-state index is 12.6. The van der Waals surface area contributed by atoms with Gasteiger partial charge in [-0.25, -0.2) is 0 Å². The van der Waals surface area contributed by atoms with Crippen molar-refractivity contribution in [1.29, 1.82) is 0 Å². The first-order valence-electron chi connectivity index (χ1n) is 17.9. The number of carboxylic acids is 1. The first-order chi connectivity index (χ1) is 26.5. The topological polar surface area (TPSA) is 248 Å². The number of benzene rings is 2. The number of hydrogen-bond donors (Lipinski definition) is 3. The van der Waals surface area contributed by atoms with E-state index in [1.807, 2.05) is 11.8 Å². The maximum atomic E-state index is 12.6. The highest BCUT2D eigenvalue weighted by atomic mass is 32.2. The van der Waals surface area contributed by atoms with Gasteiger partial charge in [0, 0.05) is 35.2 Å². The molecule has 16 nitrogen and oxygen atoms in total. The number of fused-ring (bicyclic) bond motifs is 2. The van der Waals surface area contributed by atoms with E-state index in [0.29, 0.717) is 59.7 Å². The summed E-state index contributed by atoms with van der Waals surface area (Å²) < 4.78 is 126. The van der Waals surface area contributed by atoms with Gasteiger partial charge in [-0.05, 0) is 112 Å². The van der Waals surface area contributed by atoms with Crippen LogP contribution in [-0.2, 0) is 64.5 Å². The van der Waals surface area contributed by atoms with Gasteiger partial charge >= 0.3 is 5.97 Å². The SMILES string of the molecule is COS(=O)(=O)CCCC1(C)C(C=CC=CC=C2N(CCCCCC(=O)O)c3ccc(S(=O)(=O)O)cc3C2(C)CCCS(=O)(=O)O)=Nc2ccc(S(=O)(=O)OC)cc21. The molecule has 4 rings (SSSR count). The average molecular weight is 873 g/mol. The lowest BCUT2D eigenvalue weighted by Gasteiger charge is -2.30. The second-order valence-corrected chi connectivity index (χ2v) is 20.8. The van der Waals surface area contributed by atoms with Gasteiger partial charge in [-0.3, -0.25) is 27.3 Å². The van der Waals surface area contributed by atoms with E-state index < -0.39 is 63.0 Å². The van der Waals surface area contributed by atoms with E-state index in [0.717, 1.165) is 14.2 Å². The summed E-state index contributed by atoms with van der Waals surface area (Å²) in [5.74, 6) is -1.74. The fraction of sp³-hybridized carbons (Fsp3) is 0.459. The first-order valence-corrected chi connectivity index (χ1v) is 24.0. The van der Waals surface area contributed by atoms with Crippen LogP contribution in [0.2, 0.25) is 0 Å². The van der Waals surface area contributed by atoms with Gasteiger partial charge in [0.05, 0.1) is 46.9 Å². The summed E-state index contributed by atoms with van der Waals surface area (Å²) in [4.78, 5) is 17.3. The largest absolute Gasteiger partial charge is 0.481 e. The van der Waals surface area contributed by atoms with Gasteiger partial charge in [0.25, 0.3) is 40.5 Å². The first kappa shape index (κ1) is 45.9. The molecule has 0 aromatic heterocycles. The predicted octanol–water partition coefficient (Wildman–Crippen LogP) is 5.46. The van der Waals surface area contributed by atoms with Crippen LogP contribution < -0.4 is 4.90 Å². The monoisotopic (exact) mass is 872 g/mol. The Hall–Kier alpha value is -3.76. The van der Waals surface area contributed by atoms with E-state index in [1.165, 1.54) is 24.3 Å². The van der Waals surface area contributed by atoms with Crippen LogP contribution in [-0.4, -0.2) is 91.8 Å². The minimum Gasteiger partial charge on any atom is -0.481 e. The highest BCUT2D eigenvalue weighted by Crippen LogP contribution is 2.51. The highest BCUT2D eigenvalue weighted by molar-refractivity contribution is 7.87. The molecule has 3 N–H and O–H groups in total. The number of aliphatic imine (C=N–C) groups is 1. The Morgan fingerprint density at radius 2 is 1.42 bits per heavy atom. The standard InChI is InChI=1S/C37H48N2O14S4/c1-36(20-12-24-55(45,46)52-3)29-26-28(57(50,51)53-4)16-18-31(29)38-33(36)13-7-5-8-14-34-37(2,21-11-23-54(42,43)44)30-25-27(56(47,48)49)17-19-32(30)39(34)22-10-6-9-15-35(40)41/h5,7-8,13-14,16-19,25-26H,6,9-12,15,20-24H2,1-4H3,(H,40,41)(H,42,43,44)(H,47,48,49). The van der Waals surface area contributed by atoms with E-state index in [1.54, 1.807) is 49.4 Å². The van der Waals surface area contributed by atoms with Crippen LogP contribution in [0.4, 0.5) is 11.4 Å². The van der Waals surface area contributed by atoms with Crippen molar-refractivity contribution >= 4 is 63.5 Å². The van der Waals surface area contributed by atoms with Crippen molar-refractivity contribution in [2.24, 2.45) is 4.99 Å². The number of anilines is 1. The molecular formula is C37H48N2O14S4. The van der Waals surface area contributed by atoms with Gasteiger partial charge in [0.1, 0.15) is 0 Å². The van der Waals surface area contributed by atoms with Crippen molar-refractivity contribution in [2.75, 3.05) is 37.2 Å². The Morgan fingerprint density at radius 1 is 0.772 bits per heavy atom. The molecule has 2 aromatic rings. The number of nitrogens with zero attached hydrogens (tertiary/aromatic N) is 2. The molecule has 2 heterocycles. The quantitative estimate of drug-likeness (QED) is 0.0610. The molecule has 314 valence electrons. The summed E-state index contributed by atoms with van der Waals surface area (Å²) in [5, 5.41) is 9.08. The minimum absolute atomic E-state index is 0.00544. The predicted molar refractivity (Wildman–Crippen MR) is 214 cm³/mol. The fourth-order valence-corrected chi connectivity index (χ4v) is 9.62. The summed E-state index contributed by atoms with van der Waals surface area (Å²) in [7, 11) is -14.6. The lowest BCUT2D eigenvalue weighted by Crippen LogP contribution is -2.30. The van der Waals surface area contributed by atoms with Gasteiger partial charge < -0.3 is 10.0 Å². The van der Waals surface area contributed by atoms with E-state index >= 15 is 0 Å². The third-order valence-corrected chi connectivity index (χ3v) is 14.5. The van der Waals surface area contributed by atoms with Crippen LogP contribution in [0.25, 0.3) is 0 Å². The molecule has 2 aromatic carbocycles. The molecule has 0 saturated carbocycles. The minimum atomic E-state index is -4.61. The van der Waals surface area contributed by atoms with Gasteiger partial charge in [-0.1, -0.05) is 24.6 Å². The smallest absolute Gasteiger partial charge is 0.303 e. The Morgan fingerprint density at radius 3 is 2.05 bits per heavy atom. The Labute approximate surface area is 334 Å². The summed E-state index contributed by atoms with van der Waals surface area (Å²) >= 11 is 0. The fourth-order valence-electron chi connectivity index (χ4n) is 7.25. The molecule has 2 aliphatic heterocycles. The van der Waals surface area contributed by atoms with Crippen LogP contribution in [0, 0.1) is 0 Å². The van der Waals surface area contributed by atoms with Crippen LogP contribution in [0.3, 0.4) is 0 Å². The number of rotatable bonds is 21. The van der Waals surface area contributed by atoms with Gasteiger partial charge in [0.15, 0.2) is 0 Å². The zero-order valence-corrected chi connectivity index (χ0v) is 35.3. The number of allylic oxidation sites excluding steroid dienone is 6. The van der Waals surface area contributed by atoms with Crippen LogP contribution in [0.1, 0.15) is 76.3 Å². The molecule has 0 aliphatic carbocycles. The lowest BCUT2D eigenvalue weighted by molar-refractivity contribution is -0.137. The van der Waals surface area contributed by atoms with E-state index in [9.17, 15) is 47.6 Å². The Kier molecular flexibility index (Phi) is 14.5. The average Bonchev–Trinajstić information content (AvgIpc) is 3.52. The van der Waals surface area contributed by atoms with Crippen LogP contribution in [0.5, 0.6) is 0 Å². The van der Waals surface area contributed by atoms with Crippen molar-refractivity contribution in [3.8, 4) is 0 Å². The van der Waals surface area contributed by atoms with Crippen LogP contribution in [0.15, 0.2) is 87.3 Å².